The third-order valence-electron chi connectivity index (χ3n) is 6.52. The number of ether oxygens (including phenoxy) is 1. The van der Waals surface area contributed by atoms with Gasteiger partial charge in [0.15, 0.2) is 5.82 Å². The van der Waals surface area contributed by atoms with E-state index in [0.717, 1.165) is 22.5 Å². The minimum atomic E-state index is -0.384. The first-order valence-corrected chi connectivity index (χ1v) is 11.7. The van der Waals surface area contributed by atoms with Gasteiger partial charge < -0.3 is 19.4 Å². The molecule has 3 aromatic rings. The van der Waals surface area contributed by atoms with Crippen LogP contribution in [0, 0.1) is 12.8 Å². The molecule has 2 saturated heterocycles. The fourth-order valence-electron chi connectivity index (χ4n) is 4.76. The van der Waals surface area contributed by atoms with E-state index in [2.05, 4.69) is 9.88 Å². The monoisotopic (exact) mass is 479 g/mol. The molecule has 9 heteroatoms. The highest BCUT2D eigenvalue weighted by molar-refractivity contribution is 6.31. The van der Waals surface area contributed by atoms with Gasteiger partial charge in [-0.05, 0) is 37.3 Å². The first-order chi connectivity index (χ1) is 16.4. The van der Waals surface area contributed by atoms with Crippen LogP contribution >= 0.6 is 11.6 Å². The number of rotatable bonds is 4. The first kappa shape index (κ1) is 22.4. The summed E-state index contributed by atoms with van der Waals surface area (Å²) in [7, 11) is 1.55. The fraction of sp³-hybridized carbons (Fsp3) is 0.360. The zero-order chi connectivity index (χ0) is 23.8. The summed E-state index contributed by atoms with van der Waals surface area (Å²) in [6.07, 6.45) is 0.184. The van der Waals surface area contributed by atoms with Crippen LogP contribution in [-0.4, -0.2) is 66.5 Å². The Balaban J connectivity index is 1.26. The van der Waals surface area contributed by atoms with Crippen molar-refractivity contribution in [3.63, 3.8) is 0 Å². The predicted molar refractivity (Wildman–Crippen MR) is 132 cm³/mol. The minimum absolute atomic E-state index is 0.0119. The summed E-state index contributed by atoms with van der Waals surface area (Å²) >= 11 is 6.15. The maximum absolute atomic E-state index is 13.3. The van der Waals surface area contributed by atoms with Crippen molar-refractivity contribution in [1.29, 1.82) is 0 Å². The summed E-state index contributed by atoms with van der Waals surface area (Å²) in [5.41, 5.74) is 3.23. The summed E-state index contributed by atoms with van der Waals surface area (Å²) in [4.78, 5) is 41.2. The molecule has 2 fully saturated rings. The second kappa shape index (κ2) is 9.10. The molecule has 0 spiro atoms. The zero-order valence-corrected chi connectivity index (χ0v) is 20.0. The quantitative estimate of drug-likeness (QED) is 0.571. The van der Waals surface area contributed by atoms with Crippen LogP contribution in [0.4, 0.5) is 11.5 Å². The lowest BCUT2D eigenvalue weighted by Crippen LogP contribution is -2.51. The van der Waals surface area contributed by atoms with Crippen LogP contribution < -0.4 is 14.5 Å². The highest BCUT2D eigenvalue weighted by Gasteiger charge is 2.39. The molecule has 0 N–H and O–H groups in total. The molecule has 0 radical (unpaired) electrons. The van der Waals surface area contributed by atoms with E-state index in [4.69, 9.17) is 21.3 Å². The Morgan fingerprint density at radius 3 is 2.47 bits per heavy atom. The maximum Gasteiger partial charge on any atom is 0.228 e. The Bertz CT molecular complexity index is 1260. The number of aromatic nitrogens is 2. The van der Waals surface area contributed by atoms with E-state index in [1.165, 1.54) is 0 Å². The van der Waals surface area contributed by atoms with Gasteiger partial charge in [-0.3, -0.25) is 9.59 Å². The van der Waals surface area contributed by atoms with Crippen LogP contribution in [0.2, 0.25) is 5.02 Å². The second-order valence-electron chi connectivity index (χ2n) is 8.66. The summed E-state index contributed by atoms with van der Waals surface area (Å²) in [6.45, 7) is 4.80. The number of piperazine rings is 1. The van der Waals surface area contributed by atoms with Crippen molar-refractivity contribution in [2.75, 3.05) is 49.6 Å². The molecular weight excluding hydrogens is 454 g/mol. The Morgan fingerprint density at radius 2 is 1.76 bits per heavy atom. The molecule has 5 rings (SSSR count). The largest absolute Gasteiger partial charge is 0.495 e. The Kier molecular flexibility index (Phi) is 6.00. The van der Waals surface area contributed by atoms with E-state index >= 15 is 0 Å². The van der Waals surface area contributed by atoms with Crippen molar-refractivity contribution in [1.82, 2.24) is 14.9 Å². The number of methoxy groups -OCH3 is 1. The number of amides is 2. The zero-order valence-electron chi connectivity index (χ0n) is 19.2. The lowest BCUT2D eigenvalue weighted by Gasteiger charge is -2.36. The minimum Gasteiger partial charge on any atom is -0.495 e. The van der Waals surface area contributed by atoms with Gasteiger partial charge in [0.05, 0.1) is 35.4 Å². The van der Waals surface area contributed by atoms with Gasteiger partial charge in [0.1, 0.15) is 5.75 Å². The molecule has 2 amide bonds. The van der Waals surface area contributed by atoms with Gasteiger partial charge >= 0.3 is 0 Å². The molecular formula is C25H26ClN5O3. The molecule has 8 nitrogen and oxygen atoms in total. The molecule has 2 aliphatic rings. The number of carbonyl (C=O) groups excluding carboxylic acids is 2. The van der Waals surface area contributed by atoms with Gasteiger partial charge in [0.25, 0.3) is 0 Å². The van der Waals surface area contributed by atoms with Crippen LogP contribution in [0.15, 0.2) is 42.5 Å². The third-order valence-corrected chi connectivity index (χ3v) is 6.75. The van der Waals surface area contributed by atoms with E-state index < -0.39 is 0 Å². The number of hydrogen-bond acceptors (Lipinski definition) is 6. The molecule has 2 aliphatic heterocycles. The topological polar surface area (TPSA) is 78.9 Å². The highest BCUT2D eigenvalue weighted by atomic mass is 35.5. The normalized spacial score (nSPS) is 18.6. The molecule has 2 aromatic carbocycles. The van der Waals surface area contributed by atoms with Crippen LogP contribution in [0.1, 0.15) is 12.1 Å². The van der Waals surface area contributed by atoms with Gasteiger partial charge in [0, 0.05) is 44.2 Å². The number of para-hydroxylation sites is 2. The highest BCUT2D eigenvalue weighted by Crippen LogP contribution is 2.35. The smallest absolute Gasteiger partial charge is 0.228 e. The third kappa shape index (κ3) is 4.14. The number of carbonyl (C=O) groups is 2. The molecule has 0 aliphatic carbocycles. The van der Waals surface area contributed by atoms with E-state index in [0.29, 0.717) is 49.2 Å². The van der Waals surface area contributed by atoms with E-state index in [1.54, 1.807) is 30.2 Å². The van der Waals surface area contributed by atoms with Crippen molar-refractivity contribution < 1.29 is 14.3 Å². The number of fused-ring (bicyclic) bond motifs is 1. The summed E-state index contributed by atoms with van der Waals surface area (Å²) in [5.74, 6) is 0.953. The standard InChI is InChI=1S/C25H26ClN5O3/c1-16-24(28-20-6-4-3-5-19(20)27-16)29-9-11-30(12-10-29)25(33)17-13-23(32)31(15-17)21-14-18(26)7-8-22(21)34-2/h3-8,14,17H,9-13,15H2,1-2H3. The van der Waals surface area contributed by atoms with Gasteiger partial charge in [0.2, 0.25) is 11.8 Å². The summed E-state index contributed by atoms with van der Waals surface area (Å²) < 4.78 is 5.40. The summed E-state index contributed by atoms with van der Waals surface area (Å²) in [5, 5.41) is 0.515. The van der Waals surface area contributed by atoms with E-state index in [9.17, 15) is 9.59 Å². The number of aryl methyl sites for hydroxylation is 1. The van der Waals surface area contributed by atoms with Crippen LogP contribution in [-0.2, 0) is 9.59 Å². The van der Waals surface area contributed by atoms with Crippen molar-refractivity contribution in [3.8, 4) is 5.75 Å². The summed E-state index contributed by atoms with van der Waals surface area (Å²) in [6, 6.07) is 13.0. The van der Waals surface area contributed by atoms with Crippen molar-refractivity contribution in [3.05, 3.63) is 53.2 Å². The van der Waals surface area contributed by atoms with Crippen molar-refractivity contribution >= 4 is 46.0 Å². The van der Waals surface area contributed by atoms with Crippen LogP contribution in [0.25, 0.3) is 11.0 Å². The van der Waals surface area contributed by atoms with Crippen molar-refractivity contribution in [2.45, 2.75) is 13.3 Å². The average molecular weight is 480 g/mol. The Labute approximate surface area is 203 Å². The van der Waals surface area contributed by atoms with Gasteiger partial charge in [-0.15, -0.1) is 0 Å². The molecule has 1 atom stereocenters. The van der Waals surface area contributed by atoms with Crippen molar-refractivity contribution in [2.24, 2.45) is 5.92 Å². The number of halogens is 1. The maximum atomic E-state index is 13.3. The van der Waals surface area contributed by atoms with E-state index in [-0.39, 0.29) is 24.2 Å². The molecule has 3 heterocycles. The SMILES string of the molecule is COc1ccc(Cl)cc1N1CC(C(=O)N2CCN(c3nc4ccccc4nc3C)CC2)CC1=O. The molecule has 1 unspecified atom stereocenters. The second-order valence-corrected chi connectivity index (χ2v) is 9.09. The lowest BCUT2D eigenvalue weighted by atomic mass is 10.1. The molecule has 0 bridgehead atoms. The molecule has 0 saturated carbocycles. The molecule has 34 heavy (non-hydrogen) atoms. The number of benzene rings is 2. The fourth-order valence-corrected chi connectivity index (χ4v) is 4.92. The first-order valence-electron chi connectivity index (χ1n) is 11.4. The Hall–Kier alpha value is -3.39. The van der Waals surface area contributed by atoms with Gasteiger partial charge in [-0.25, -0.2) is 9.97 Å². The average Bonchev–Trinajstić information content (AvgIpc) is 3.24. The molecule has 176 valence electrons. The van der Waals surface area contributed by atoms with Gasteiger partial charge in [-0.2, -0.15) is 0 Å². The van der Waals surface area contributed by atoms with Gasteiger partial charge in [-0.1, -0.05) is 23.7 Å². The van der Waals surface area contributed by atoms with E-state index in [1.807, 2.05) is 36.1 Å². The lowest BCUT2D eigenvalue weighted by molar-refractivity contribution is -0.136. The van der Waals surface area contributed by atoms with Crippen LogP contribution in [0.3, 0.4) is 0 Å². The number of nitrogens with zero attached hydrogens (tertiary/aromatic N) is 5. The number of hydrogen-bond donors (Lipinski definition) is 0. The molecule has 1 aromatic heterocycles. The van der Waals surface area contributed by atoms with Crippen LogP contribution in [0.5, 0.6) is 5.75 Å². The Morgan fingerprint density at radius 1 is 1.06 bits per heavy atom. The number of anilines is 2. The predicted octanol–water partition coefficient (Wildman–Crippen LogP) is 3.30.